The number of thiazole rings is 1. The molecule has 170 valence electrons. The molecule has 0 fully saturated rings. The third kappa shape index (κ3) is 4.86. The first kappa shape index (κ1) is 22.8. The van der Waals surface area contributed by atoms with Crippen LogP contribution in [0.25, 0.3) is 5.78 Å². The maximum Gasteiger partial charge on any atom is 0.418 e. The van der Waals surface area contributed by atoms with E-state index in [0.717, 1.165) is 17.5 Å². The van der Waals surface area contributed by atoms with Gasteiger partial charge in [-0.2, -0.15) is 13.2 Å². The van der Waals surface area contributed by atoms with Crippen LogP contribution in [-0.4, -0.2) is 36.0 Å². The minimum Gasteiger partial charge on any atom is -0.306 e. The van der Waals surface area contributed by atoms with Gasteiger partial charge in [-0.05, 0) is 12.1 Å². The van der Waals surface area contributed by atoms with Crippen LogP contribution in [-0.2, 0) is 6.18 Å². The first-order valence-electron chi connectivity index (χ1n) is 9.44. The Bertz CT molecular complexity index is 1350. The fourth-order valence-electron chi connectivity index (χ4n) is 3.03. The lowest BCUT2D eigenvalue weighted by molar-refractivity contribution is -0.137. The lowest BCUT2D eigenvalue weighted by Crippen LogP contribution is -2.13. The molecular weight excluding hydrogens is 481 g/mol. The molecular formula is C20H14ClF3N6O2S. The molecule has 13 heteroatoms. The van der Waals surface area contributed by atoms with Crippen molar-refractivity contribution in [2.24, 2.45) is 0 Å². The van der Waals surface area contributed by atoms with Gasteiger partial charge in [-0.3, -0.25) is 14.0 Å². The number of imidazole rings is 1. The number of Topliss-reactive ketones (excluding diaryl/α,β-unsaturated/α-hetero) is 1. The Labute approximate surface area is 193 Å². The van der Waals surface area contributed by atoms with Crippen molar-refractivity contribution in [1.29, 1.82) is 0 Å². The van der Waals surface area contributed by atoms with Gasteiger partial charge in [0.25, 0.3) is 5.91 Å². The molecule has 0 saturated carbocycles. The molecule has 4 aromatic rings. The third-order valence-electron chi connectivity index (χ3n) is 4.64. The van der Waals surface area contributed by atoms with E-state index in [1.165, 1.54) is 12.4 Å². The zero-order chi connectivity index (χ0) is 23.8. The average molecular weight is 495 g/mol. The highest BCUT2D eigenvalue weighted by molar-refractivity contribution is 7.13. The van der Waals surface area contributed by atoms with Gasteiger partial charge in [0.2, 0.25) is 5.78 Å². The summed E-state index contributed by atoms with van der Waals surface area (Å²) in [5.41, 5.74) is -0.719. The van der Waals surface area contributed by atoms with Crippen molar-refractivity contribution in [3.63, 3.8) is 0 Å². The molecule has 4 rings (SSSR count). The highest BCUT2D eigenvalue weighted by Gasteiger charge is 2.34. The molecule has 0 bridgehead atoms. The van der Waals surface area contributed by atoms with Crippen LogP contribution >= 0.6 is 22.9 Å². The maximum absolute atomic E-state index is 13.0. The normalized spacial score (nSPS) is 12.6. The first-order valence-corrected chi connectivity index (χ1v) is 10.6. The summed E-state index contributed by atoms with van der Waals surface area (Å²) in [6.45, 7) is 1.79. The smallest absolute Gasteiger partial charge is 0.306 e. The summed E-state index contributed by atoms with van der Waals surface area (Å²) in [5.74, 6) is -1.04. The molecule has 1 N–H and O–H groups in total. The summed E-state index contributed by atoms with van der Waals surface area (Å²) in [6, 6.07) is 2.35. The van der Waals surface area contributed by atoms with E-state index in [1.54, 1.807) is 29.8 Å². The van der Waals surface area contributed by atoms with Gasteiger partial charge < -0.3 is 5.32 Å². The lowest BCUT2D eigenvalue weighted by atomic mass is 10.0. The van der Waals surface area contributed by atoms with E-state index in [2.05, 4.69) is 25.3 Å². The Morgan fingerprint density at radius 2 is 1.97 bits per heavy atom. The van der Waals surface area contributed by atoms with Gasteiger partial charge in [-0.1, -0.05) is 18.5 Å². The predicted molar refractivity (Wildman–Crippen MR) is 115 cm³/mol. The van der Waals surface area contributed by atoms with E-state index >= 15 is 0 Å². The quantitative estimate of drug-likeness (QED) is 0.383. The van der Waals surface area contributed by atoms with E-state index in [0.29, 0.717) is 22.5 Å². The SMILES string of the molecule is C[C@@H](CC(=O)c1cnc2ncccn12)c1ncc(C(=O)Nc2cc(C(F)(F)F)c(Cl)cn2)s1. The summed E-state index contributed by atoms with van der Waals surface area (Å²) in [5, 5.41) is 2.27. The Hall–Kier alpha value is -3.38. The summed E-state index contributed by atoms with van der Waals surface area (Å²) < 4.78 is 40.6. The number of nitrogens with one attached hydrogen (secondary N) is 1. The van der Waals surface area contributed by atoms with Crippen LogP contribution < -0.4 is 5.32 Å². The van der Waals surface area contributed by atoms with Crippen molar-refractivity contribution >= 4 is 46.2 Å². The molecule has 0 aliphatic heterocycles. The fraction of sp³-hybridized carbons (Fsp3) is 0.200. The molecule has 0 unspecified atom stereocenters. The van der Waals surface area contributed by atoms with Crippen molar-refractivity contribution in [3.05, 3.63) is 69.3 Å². The molecule has 1 amide bonds. The van der Waals surface area contributed by atoms with Crippen molar-refractivity contribution in [3.8, 4) is 0 Å². The largest absolute Gasteiger partial charge is 0.418 e. The Morgan fingerprint density at radius 1 is 1.18 bits per heavy atom. The van der Waals surface area contributed by atoms with E-state index in [4.69, 9.17) is 11.6 Å². The van der Waals surface area contributed by atoms with Crippen LogP contribution in [0.3, 0.4) is 0 Å². The first-order chi connectivity index (χ1) is 15.6. The number of pyridine rings is 1. The lowest BCUT2D eigenvalue weighted by Gasteiger charge is -2.10. The molecule has 0 aliphatic carbocycles. The number of hydrogen-bond donors (Lipinski definition) is 1. The fourth-order valence-corrected chi connectivity index (χ4v) is 4.10. The molecule has 1 atom stereocenters. The van der Waals surface area contributed by atoms with Crippen LogP contribution in [0.1, 0.15) is 50.0 Å². The number of nitrogens with zero attached hydrogens (tertiary/aromatic N) is 5. The topological polar surface area (TPSA) is 102 Å². The summed E-state index contributed by atoms with van der Waals surface area (Å²) in [6.07, 6.45) is 2.27. The second kappa shape index (κ2) is 8.87. The van der Waals surface area contributed by atoms with Crippen LogP contribution in [0.4, 0.5) is 19.0 Å². The number of rotatable bonds is 6. The van der Waals surface area contributed by atoms with Gasteiger partial charge in [0.05, 0.1) is 28.0 Å². The molecule has 0 aromatic carbocycles. The predicted octanol–water partition coefficient (Wildman–Crippen LogP) is 4.88. The molecule has 0 radical (unpaired) electrons. The zero-order valence-corrected chi connectivity index (χ0v) is 18.4. The summed E-state index contributed by atoms with van der Waals surface area (Å²) >= 11 is 6.58. The average Bonchev–Trinajstić information content (AvgIpc) is 3.42. The highest BCUT2D eigenvalue weighted by atomic mass is 35.5. The van der Waals surface area contributed by atoms with E-state index < -0.39 is 22.7 Å². The number of hydrogen-bond acceptors (Lipinski definition) is 7. The minimum atomic E-state index is -4.68. The number of alkyl halides is 3. The molecule has 33 heavy (non-hydrogen) atoms. The van der Waals surface area contributed by atoms with E-state index in [9.17, 15) is 22.8 Å². The number of carbonyl (C=O) groups excluding carboxylic acids is 2. The zero-order valence-electron chi connectivity index (χ0n) is 16.8. The van der Waals surface area contributed by atoms with Crippen LogP contribution in [0.2, 0.25) is 5.02 Å². The second-order valence-electron chi connectivity index (χ2n) is 7.03. The minimum absolute atomic E-state index is 0.116. The number of ketones is 1. The van der Waals surface area contributed by atoms with Crippen LogP contribution in [0, 0.1) is 0 Å². The molecule has 0 saturated heterocycles. The number of halogens is 4. The summed E-state index contributed by atoms with van der Waals surface area (Å²) in [7, 11) is 0. The molecule has 0 spiro atoms. The number of carbonyl (C=O) groups is 2. The Balaban J connectivity index is 1.45. The monoisotopic (exact) mass is 494 g/mol. The Morgan fingerprint density at radius 3 is 2.73 bits per heavy atom. The number of anilines is 1. The van der Waals surface area contributed by atoms with Crippen LogP contribution in [0.5, 0.6) is 0 Å². The second-order valence-corrected chi connectivity index (χ2v) is 8.49. The number of amides is 1. The van der Waals surface area contributed by atoms with Crippen molar-refractivity contribution in [2.75, 3.05) is 5.32 Å². The van der Waals surface area contributed by atoms with Gasteiger partial charge in [0.15, 0.2) is 5.78 Å². The Kier molecular flexibility index (Phi) is 6.13. The molecule has 4 heterocycles. The van der Waals surface area contributed by atoms with Gasteiger partial charge in [0.1, 0.15) is 16.4 Å². The van der Waals surface area contributed by atoms with E-state index in [-0.39, 0.29) is 28.8 Å². The highest BCUT2D eigenvalue weighted by Crippen LogP contribution is 2.35. The summed E-state index contributed by atoms with van der Waals surface area (Å²) in [4.78, 5) is 41.4. The van der Waals surface area contributed by atoms with Gasteiger partial charge in [-0.15, -0.1) is 11.3 Å². The van der Waals surface area contributed by atoms with Gasteiger partial charge in [0, 0.05) is 30.9 Å². The van der Waals surface area contributed by atoms with Crippen molar-refractivity contribution < 1.29 is 22.8 Å². The molecule has 4 aromatic heterocycles. The number of fused-ring (bicyclic) bond motifs is 1. The van der Waals surface area contributed by atoms with Crippen LogP contribution in [0.15, 0.2) is 43.1 Å². The van der Waals surface area contributed by atoms with Crippen molar-refractivity contribution in [2.45, 2.75) is 25.4 Å². The molecule has 8 nitrogen and oxygen atoms in total. The maximum atomic E-state index is 13.0. The van der Waals surface area contributed by atoms with Crippen molar-refractivity contribution in [1.82, 2.24) is 24.3 Å². The number of aromatic nitrogens is 5. The van der Waals surface area contributed by atoms with E-state index in [1.807, 2.05) is 0 Å². The van der Waals surface area contributed by atoms with Gasteiger partial charge >= 0.3 is 6.18 Å². The standard InChI is InChI=1S/C20H14ClF3N6O2S/c1-10(5-14(31)13-8-28-19-25-3-2-4-30(13)19)18-27-9-15(33-18)17(32)29-16-6-11(20(22,23)24)12(21)7-26-16/h2-4,6-10H,5H2,1H3,(H,26,29,32)/t10-/m0/s1. The third-order valence-corrected chi connectivity index (χ3v) is 6.17. The van der Waals surface area contributed by atoms with Gasteiger partial charge in [-0.25, -0.2) is 19.9 Å². The molecule has 0 aliphatic rings.